The van der Waals surface area contributed by atoms with Crippen molar-refractivity contribution in [2.75, 3.05) is 0 Å². The Hall–Kier alpha value is -1.98. The number of carboxylic acid groups (broad SMARTS) is 1. The van der Waals surface area contributed by atoms with Crippen molar-refractivity contribution in [3.8, 4) is 11.1 Å². The molecule has 2 N–H and O–H groups in total. The van der Waals surface area contributed by atoms with Crippen molar-refractivity contribution < 1.29 is 9.90 Å². The summed E-state index contributed by atoms with van der Waals surface area (Å²) in [6, 6.07) is 3.71. The highest BCUT2D eigenvalue weighted by Gasteiger charge is 2.30. The third-order valence-corrected chi connectivity index (χ3v) is 5.29. The minimum atomic E-state index is -0.760. The van der Waals surface area contributed by atoms with Gasteiger partial charge in [-0.2, -0.15) is 5.10 Å². The molecule has 23 heavy (non-hydrogen) atoms. The number of halogens is 2. The molecule has 5 nitrogen and oxygen atoms in total. The first-order valence-electron chi connectivity index (χ1n) is 7.29. The van der Waals surface area contributed by atoms with Crippen LogP contribution in [0.5, 0.6) is 0 Å². The second-order valence-corrected chi connectivity index (χ2v) is 6.53. The number of carbonyl (C=O) groups is 1. The quantitative estimate of drug-likeness (QED) is 0.734. The van der Waals surface area contributed by atoms with Crippen molar-refractivity contribution in [3.63, 3.8) is 0 Å². The number of nitrogens with one attached hydrogen (secondary N) is 1. The molecule has 1 aromatic carbocycles. The Bertz CT molecular complexity index is 915. The Labute approximate surface area is 141 Å². The van der Waals surface area contributed by atoms with E-state index in [1.807, 2.05) is 12.3 Å². The lowest BCUT2D eigenvalue weighted by molar-refractivity contribution is -0.142. The van der Waals surface area contributed by atoms with Gasteiger partial charge in [-0.1, -0.05) is 29.3 Å². The smallest absolute Gasteiger partial charge is 0.306 e. The Morgan fingerprint density at radius 2 is 2.22 bits per heavy atom. The van der Waals surface area contributed by atoms with Gasteiger partial charge in [0.1, 0.15) is 0 Å². The SMILES string of the molecule is O=C(O)[C@H]1CCn2c(c(-c3cn[nH]c3)c3ccc(Cl)c(Cl)c32)C1. The molecule has 0 fully saturated rings. The van der Waals surface area contributed by atoms with Crippen molar-refractivity contribution in [2.45, 2.75) is 19.4 Å². The number of hydrogen-bond donors (Lipinski definition) is 2. The van der Waals surface area contributed by atoms with Crippen LogP contribution in [0.2, 0.25) is 10.0 Å². The minimum Gasteiger partial charge on any atom is -0.481 e. The Kier molecular flexibility index (Phi) is 3.36. The van der Waals surface area contributed by atoms with Gasteiger partial charge in [-0.3, -0.25) is 9.89 Å². The first kappa shape index (κ1) is 14.6. The molecule has 0 bridgehead atoms. The maximum Gasteiger partial charge on any atom is 0.306 e. The van der Waals surface area contributed by atoms with E-state index in [4.69, 9.17) is 23.2 Å². The summed E-state index contributed by atoms with van der Waals surface area (Å²) in [6.07, 6.45) is 4.60. The Balaban J connectivity index is 2.05. The number of aromatic amines is 1. The summed E-state index contributed by atoms with van der Waals surface area (Å²) in [5.41, 5.74) is 3.75. The van der Waals surface area contributed by atoms with Crippen LogP contribution in [0.15, 0.2) is 24.5 Å². The third kappa shape index (κ3) is 2.15. The molecule has 0 aliphatic carbocycles. The maximum absolute atomic E-state index is 11.4. The van der Waals surface area contributed by atoms with E-state index in [9.17, 15) is 9.90 Å². The van der Waals surface area contributed by atoms with Crippen LogP contribution in [0.25, 0.3) is 22.0 Å². The lowest BCUT2D eigenvalue weighted by atomic mass is 9.93. The highest BCUT2D eigenvalue weighted by molar-refractivity contribution is 6.45. The van der Waals surface area contributed by atoms with Gasteiger partial charge in [0.2, 0.25) is 0 Å². The van der Waals surface area contributed by atoms with Crippen LogP contribution < -0.4 is 0 Å². The van der Waals surface area contributed by atoms with Crippen LogP contribution in [-0.2, 0) is 17.8 Å². The van der Waals surface area contributed by atoms with E-state index < -0.39 is 5.97 Å². The van der Waals surface area contributed by atoms with Gasteiger partial charge in [0.05, 0.1) is 27.7 Å². The number of rotatable bonds is 2. The number of aliphatic carboxylic acids is 1. The first-order chi connectivity index (χ1) is 11.1. The van der Waals surface area contributed by atoms with Gasteiger partial charge in [-0.05, 0) is 12.5 Å². The summed E-state index contributed by atoms with van der Waals surface area (Å²) >= 11 is 12.6. The molecule has 1 aliphatic heterocycles. The lowest BCUT2D eigenvalue weighted by Crippen LogP contribution is -2.25. The second kappa shape index (κ2) is 5.28. The number of aryl methyl sites for hydroxylation is 1. The monoisotopic (exact) mass is 349 g/mol. The topological polar surface area (TPSA) is 70.9 Å². The zero-order valence-corrected chi connectivity index (χ0v) is 13.5. The average Bonchev–Trinajstić information content (AvgIpc) is 3.15. The molecule has 1 aliphatic rings. The molecule has 2 aromatic heterocycles. The largest absolute Gasteiger partial charge is 0.481 e. The number of hydrogen-bond acceptors (Lipinski definition) is 2. The van der Waals surface area contributed by atoms with Crippen molar-refractivity contribution in [1.29, 1.82) is 0 Å². The summed E-state index contributed by atoms with van der Waals surface area (Å²) < 4.78 is 2.10. The van der Waals surface area contributed by atoms with Crippen LogP contribution in [0, 0.1) is 5.92 Å². The van der Waals surface area contributed by atoms with E-state index in [1.54, 1.807) is 12.3 Å². The van der Waals surface area contributed by atoms with E-state index in [-0.39, 0.29) is 5.92 Å². The highest BCUT2D eigenvalue weighted by atomic mass is 35.5. The minimum absolute atomic E-state index is 0.383. The van der Waals surface area contributed by atoms with Gasteiger partial charge in [0, 0.05) is 41.4 Å². The number of benzene rings is 1. The predicted molar refractivity (Wildman–Crippen MR) is 89.0 cm³/mol. The molecule has 0 radical (unpaired) electrons. The Morgan fingerprint density at radius 3 is 2.91 bits per heavy atom. The van der Waals surface area contributed by atoms with Gasteiger partial charge in [0.15, 0.2) is 0 Å². The summed E-state index contributed by atoms with van der Waals surface area (Å²) in [5.74, 6) is -1.14. The summed E-state index contributed by atoms with van der Waals surface area (Å²) in [5, 5.41) is 18.2. The van der Waals surface area contributed by atoms with E-state index >= 15 is 0 Å². The van der Waals surface area contributed by atoms with Gasteiger partial charge in [-0.15, -0.1) is 0 Å². The number of nitrogens with zero attached hydrogens (tertiary/aromatic N) is 2. The average molecular weight is 350 g/mol. The highest BCUT2D eigenvalue weighted by Crippen LogP contribution is 2.43. The molecular formula is C16H13Cl2N3O2. The molecule has 118 valence electrons. The molecule has 0 unspecified atom stereocenters. The van der Waals surface area contributed by atoms with Crippen LogP contribution >= 0.6 is 23.2 Å². The lowest BCUT2D eigenvalue weighted by Gasteiger charge is -2.23. The zero-order chi connectivity index (χ0) is 16.1. The van der Waals surface area contributed by atoms with Crippen LogP contribution in [-0.4, -0.2) is 25.8 Å². The summed E-state index contributed by atoms with van der Waals surface area (Å²) in [7, 11) is 0. The zero-order valence-electron chi connectivity index (χ0n) is 12.0. The molecular weight excluding hydrogens is 337 g/mol. The van der Waals surface area contributed by atoms with E-state index in [1.165, 1.54) is 0 Å². The van der Waals surface area contributed by atoms with Gasteiger partial charge in [-0.25, -0.2) is 0 Å². The first-order valence-corrected chi connectivity index (χ1v) is 8.04. The van der Waals surface area contributed by atoms with E-state index in [0.29, 0.717) is 29.4 Å². The van der Waals surface area contributed by atoms with Gasteiger partial charge in [0.25, 0.3) is 0 Å². The number of fused-ring (bicyclic) bond motifs is 3. The molecule has 0 amide bonds. The molecule has 4 rings (SSSR count). The molecule has 0 saturated heterocycles. The fourth-order valence-corrected chi connectivity index (χ4v) is 3.85. The molecule has 3 aromatic rings. The normalized spacial score (nSPS) is 17.4. The number of aromatic nitrogens is 3. The number of H-pyrrole nitrogens is 1. The van der Waals surface area contributed by atoms with Gasteiger partial charge < -0.3 is 9.67 Å². The van der Waals surface area contributed by atoms with Crippen LogP contribution in [0.4, 0.5) is 0 Å². The van der Waals surface area contributed by atoms with Crippen LogP contribution in [0.1, 0.15) is 12.1 Å². The molecule has 3 heterocycles. The van der Waals surface area contributed by atoms with Crippen molar-refractivity contribution in [2.24, 2.45) is 5.92 Å². The van der Waals surface area contributed by atoms with Gasteiger partial charge >= 0.3 is 5.97 Å². The Morgan fingerprint density at radius 1 is 1.39 bits per heavy atom. The van der Waals surface area contributed by atoms with Crippen molar-refractivity contribution in [1.82, 2.24) is 14.8 Å². The summed E-state index contributed by atoms with van der Waals surface area (Å²) in [6.45, 7) is 0.612. The van der Waals surface area contributed by atoms with E-state index in [2.05, 4.69) is 14.8 Å². The second-order valence-electron chi connectivity index (χ2n) is 5.75. The third-order valence-electron chi connectivity index (χ3n) is 4.50. The molecule has 7 heteroatoms. The number of carboxylic acids is 1. The fourth-order valence-electron chi connectivity index (χ4n) is 3.43. The summed E-state index contributed by atoms with van der Waals surface area (Å²) in [4.78, 5) is 11.4. The maximum atomic E-state index is 11.4. The fraction of sp³-hybridized carbons (Fsp3) is 0.250. The van der Waals surface area contributed by atoms with Crippen LogP contribution in [0.3, 0.4) is 0 Å². The molecule has 1 atom stereocenters. The standard InChI is InChI=1S/C16H13Cl2N3O2/c17-11-2-1-10-13(9-6-19-20-7-9)12-5-8(16(22)23)3-4-21(12)15(10)14(11)18/h1-2,6-8H,3-5H2,(H,19,20)(H,22,23)/t8-/m0/s1. The van der Waals surface area contributed by atoms with Crippen molar-refractivity contribution in [3.05, 3.63) is 40.3 Å². The molecule has 0 spiro atoms. The van der Waals surface area contributed by atoms with E-state index in [0.717, 1.165) is 27.7 Å². The predicted octanol–water partition coefficient (Wildman–Crippen LogP) is 3.99. The molecule has 0 saturated carbocycles. The van der Waals surface area contributed by atoms with Crippen molar-refractivity contribution >= 4 is 40.1 Å².